The Balaban J connectivity index is 1.42. The van der Waals surface area contributed by atoms with E-state index in [-0.39, 0.29) is 0 Å². The van der Waals surface area contributed by atoms with Crippen molar-refractivity contribution in [2.75, 3.05) is 32.7 Å². The van der Waals surface area contributed by atoms with Crippen LogP contribution in [0.1, 0.15) is 48.6 Å². The van der Waals surface area contributed by atoms with Gasteiger partial charge in [0.2, 0.25) is 0 Å². The van der Waals surface area contributed by atoms with Gasteiger partial charge in [0.25, 0.3) is 0 Å². The number of nitrogens with zero attached hydrogens (tertiary/aromatic N) is 3. The summed E-state index contributed by atoms with van der Waals surface area (Å²) in [5.74, 6) is 2.52. The van der Waals surface area contributed by atoms with Crippen LogP contribution in [0, 0.1) is 12.3 Å². The molecule has 2 fully saturated rings. The quantitative estimate of drug-likeness (QED) is 0.700. The van der Waals surface area contributed by atoms with Gasteiger partial charge in [0.05, 0.1) is 5.56 Å². The summed E-state index contributed by atoms with van der Waals surface area (Å²) in [6.07, 6.45) is 1.22. The summed E-state index contributed by atoms with van der Waals surface area (Å²) in [6, 6.07) is 8.50. The highest BCUT2D eigenvalue weighted by molar-refractivity contribution is 7.14. The minimum Gasteiger partial charge on any atom is -0.444 e. The van der Waals surface area contributed by atoms with E-state index in [0.29, 0.717) is 12.5 Å². The Morgan fingerprint density at radius 3 is 2.58 bits per heavy atom. The lowest BCUT2D eigenvalue weighted by Gasteiger charge is -2.40. The van der Waals surface area contributed by atoms with Gasteiger partial charge in [0.1, 0.15) is 11.5 Å². The Kier molecular flexibility index (Phi) is 5.33. The second-order valence-corrected chi connectivity index (χ2v) is 10.8. The standard InChI is InChI=1S/C24H31N3O3S/c1-15-4-7-18-19(12-15)30-22-17(13-20(31-22)16-5-6-16)21(25-18)27-10-8-26(9-11-27)14-24(2,3)23(28)29/h4,7,12-13,16,23,28-29H,5-6,8-11,14H2,1-3H3. The lowest BCUT2D eigenvalue weighted by molar-refractivity contribution is -0.130. The van der Waals surface area contributed by atoms with Gasteiger partial charge in [-0.2, -0.15) is 0 Å². The predicted molar refractivity (Wildman–Crippen MR) is 124 cm³/mol. The lowest BCUT2D eigenvalue weighted by Crippen LogP contribution is -2.52. The molecule has 1 saturated heterocycles. The molecule has 31 heavy (non-hydrogen) atoms. The molecule has 1 saturated carbocycles. The molecule has 2 aromatic rings. The highest BCUT2D eigenvalue weighted by Crippen LogP contribution is 2.50. The van der Waals surface area contributed by atoms with Crippen molar-refractivity contribution >= 4 is 22.9 Å². The molecule has 0 spiro atoms. The summed E-state index contributed by atoms with van der Waals surface area (Å²) < 4.78 is 6.39. The van der Waals surface area contributed by atoms with Crippen molar-refractivity contribution in [3.63, 3.8) is 0 Å². The van der Waals surface area contributed by atoms with E-state index in [2.05, 4.69) is 34.9 Å². The first-order valence-corrected chi connectivity index (χ1v) is 12.0. The summed E-state index contributed by atoms with van der Waals surface area (Å²) in [5, 5.41) is 20.3. The number of hydrogen-bond donors (Lipinski definition) is 2. The molecule has 1 aromatic carbocycles. The average Bonchev–Trinajstić information content (AvgIpc) is 3.51. The zero-order chi connectivity index (χ0) is 21.8. The number of aryl methyl sites for hydroxylation is 1. The van der Waals surface area contributed by atoms with Crippen molar-refractivity contribution in [3.8, 4) is 10.8 Å². The van der Waals surface area contributed by atoms with Crippen molar-refractivity contribution in [1.82, 2.24) is 9.80 Å². The first kappa shape index (κ1) is 20.9. The van der Waals surface area contributed by atoms with Gasteiger partial charge in [0.15, 0.2) is 17.1 Å². The van der Waals surface area contributed by atoms with Crippen LogP contribution in [-0.2, 0) is 0 Å². The number of fused-ring (bicyclic) bond motifs is 2. The van der Waals surface area contributed by atoms with Gasteiger partial charge in [-0.15, -0.1) is 11.3 Å². The number of benzene rings is 1. The van der Waals surface area contributed by atoms with Gasteiger partial charge < -0.3 is 19.8 Å². The summed E-state index contributed by atoms with van der Waals surface area (Å²) in [6.45, 7) is 9.97. The maximum absolute atomic E-state index is 9.66. The van der Waals surface area contributed by atoms with Gasteiger partial charge in [0, 0.05) is 43.0 Å². The molecule has 1 aliphatic carbocycles. The third kappa shape index (κ3) is 4.24. The van der Waals surface area contributed by atoms with E-state index in [1.54, 1.807) is 11.3 Å². The van der Waals surface area contributed by atoms with Crippen molar-refractivity contribution in [1.29, 1.82) is 0 Å². The van der Waals surface area contributed by atoms with Crippen LogP contribution in [0.2, 0.25) is 0 Å². The van der Waals surface area contributed by atoms with Crippen molar-refractivity contribution in [2.45, 2.75) is 45.8 Å². The zero-order valence-electron chi connectivity index (χ0n) is 18.5. The van der Waals surface area contributed by atoms with Crippen LogP contribution in [0.5, 0.6) is 10.8 Å². The number of aliphatic imine (C=N–C) groups is 1. The number of aliphatic hydroxyl groups is 2. The number of thiophene rings is 1. The number of hydrogen-bond acceptors (Lipinski definition) is 7. The number of piperazine rings is 1. The third-order valence-electron chi connectivity index (χ3n) is 6.48. The second kappa shape index (κ2) is 7.89. The van der Waals surface area contributed by atoms with E-state index in [0.717, 1.165) is 54.1 Å². The summed E-state index contributed by atoms with van der Waals surface area (Å²) in [7, 11) is 0. The number of amidine groups is 1. The summed E-state index contributed by atoms with van der Waals surface area (Å²) in [4.78, 5) is 11.2. The smallest absolute Gasteiger partial charge is 0.192 e. The van der Waals surface area contributed by atoms with Crippen LogP contribution < -0.4 is 4.74 Å². The Labute approximate surface area is 187 Å². The second-order valence-electron chi connectivity index (χ2n) is 9.76. The molecule has 3 heterocycles. The molecule has 0 bridgehead atoms. The average molecular weight is 442 g/mol. The number of ether oxygens (including phenoxy) is 1. The molecular weight excluding hydrogens is 410 g/mol. The molecule has 2 aliphatic heterocycles. The fourth-order valence-electron chi connectivity index (χ4n) is 4.28. The van der Waals surface area contributed by atoms with Gasteiger partial charge in [-0.05, 0) is 49.4 Å². The third-order valence-corrected chi connectivity index (χ3v) is 7.66. The van der Waals surface area contributed by atoms with E-state index in [4.69, 9.17) is 9.73 Å². The molecule has 166 valence electrons. The first-order valence-electron chi connectivity index (χ1n) is 11.1. The molecule has 0 atom stereocenters. The van der Waals surface area contributed by atoms with E-state index >= 15 is 0 Å². The van der Waals surface area contributed by atoms with Crippen molar-refractivity contribution in [3.05, 3.63) is 40.3 Å². The van der Waals surface area contributed by atoms with E-state index in [9.17, 15) is 10.2 Å². The van der Waals surface area contributed by atoms with Crippen molar-refractivity contribution in [2.24, 2.45) is 10.4 Å². The topological polar surface area (TPSA) is 68.5 Å². The molecule has 6 nitrogen and oxygen atoms in total. The highest BCUT2D eigenvalue weighted by Gasteiger charge is 2.34. The van der Waals surface area contributed by atoms with Crippen molar-refractivity contribution < 1.29 is 14.9 Å². The Morgan fingerprint density at radius 1 is 1.16 bits per heavy atom. The van der Waals surface area contributed by atoms with Crippen LogP contribution in [-0.4, -0.2) is 64.9 Å². The molecule has 0 radical (unpaired) electrons. The molecule has 1 aromatic heterocycles. The number of rotatable bonds is 4. The molecule has 3 aliphatic rings. The molecule has 5 rings (SSSR count). The largest absolute Gasteiger partial charge is 0.444 e. The number of aliphatic hydroxyl groups excluding tert-OH is 1. The van der Waals surface area contributed by atoms with Crippen LogP contribution in [0.15, 0.2) is 29.3 Å². The monoisotopic (exact) mass is 441 g/mol. The molecular formula is C24H31N3O3S. The molecule has 7 heteroatoms. The highest BCUT2D eigenvalue weighted by atomic mass is 32.1. The lowest BCUT2D eigenvalue weighted by atomic mass is 9.91. The van der Waals surface area contributed by atoms with Crippen LogP contribution >= 0.6 is 11.3 Å². The molecule has 0 amide bonds. The Hall–Kier alpha value is -1.93. The maximum atomic E-state index is 9.66. The summed E-state index contributed by atoms with van der Waals surface area (Å²) >= 11 is 1.77. The Bertz CT molecular complexity index is 1000. The van der Waals surface area contributed by atoms with Gasteiger partial charge >= 0.3 is 0 Å². The van der Waals surface area contributed by atoms with Crippen LogP contribution in [0.25, 0.3) is 0 Å². The fourth-order valence-corrected chi connectivity index (χ4v) is 5.46. The molecule has 2 N–H and O–H groups in total. The van der Waals surface area contributed by atoms with Gasteiger partial charge in [-0.1, -0.05) is 19.9 Å². The SMILES string of the molecule is Cc1ccc2c(c1)Oc1sc(C3CC3)cc1C(N1CCN(CC(C)(C)C(O)O)CC1)=N2. The minimum atomic E-state index is -1.32. The van der Waals surface area contributed by atoms with E-state index in [1.165, 1.54) is 23.3 Å². The zero-order valence-corrected chi connectivity index (χ0v) is 19.3. The fraction of sp³-hybridized carbons (Fsp3) is 0.542. The van der Waals surface area contributed by atoms with E-state index in [1.807, 2.05) is 19.9 Å². The summed E-state index contributed by atoms with van der Waals surface area (Å²) in [5.41, 5.74) is 2.61. The Morgan fingerprint density at radius 2 is 1.90 bits per heavy atom. The van der Waals surface area contributed by atoms with Gasteiger partial charge in [-0.25, -0.2) is 4.99 Å². The van der Waals surface area contributed by atoms with Crippen LogP contribution in [0.4, 0.5) is 5.69 Å². The normalized spacial score (nSPS) is 19.5. The maximum Gasteiger partial charge on any atom is 0.192 e. The molecule has 0 unspecified atom stereocenters. The first-order chi connectivity index (χ1) is 14.8. The predicted octanol–water partition coefficient (Wildman–Crippen LogP) is 4.07. The van der Waals surface area contributed by atoms with Gasteiger partial charge in [-0.3, -0.25) is 4.90 Å². The van der Waals surface area contributed by atoms with E-state index < -0.39 is 11.7 Å². The van der Waals surface area contributed by atoms with Crippen LogP contribution in [0.3, 0.4) is 0 Å². The minimum absolute atomic E-state index is 0.549.